The minimum atomic E-state index is -4.03. The van der Waals surface area contributed by atoms with E-state index in [4.69, 9.17) is 4.74 Å². The van der Waals surface area contributed by atoms with Gasteiger partial charge in [-0.25, -0.2) is 13.8 Å². The summed E-state index contributed by atoms with van der Waals surface area (Å²) in [5.74, 6) is -5.35. The number of anilines is 1. The number of amides is 1. The molecule has 1 amide bonds. The van der Waals surface area contributed by atoms with Crippen molar-refractivity contribution >= 4 is 11.6 Å². The van der Waals surface area contributed by atoms with Crippen molar-refractivity contribution in [3.8, 4) is 5.88 Å². The van der Waals surface area contributed by atoms with Crippen LogP contribution in [0.3, 0.4) is 0 Å². The molecule has 2 aromatic rings. The largest absolute Gasteiger partial charge is 0.481 e. The van der Waals surface area contributed by atoms with Crippen molar-refractivity contribution in [2.24, 2.45) is 0 Å². The molecule has 1 aliphatic heterocycles. The molecular weight excluding hydrogens is 356 g/mol. The summed E-state index contributed by atoms with van der Waals surface area (Å²) in [5.41, 5.74) is -1.53. The molecule has 1 unspecified atom stereocenters. The number of halogens is 4. The summed E-state index contributed by atoms with van der Waals surface area (Å²) in [5, 5.41) is 9.58. The predicted molar refractivity (Wildman–Crippen MR) is 83.3 cm³/mol. The van der Waals surface area contributed by atoms with Gasteiger partial charge in [0, 0.05) is 6.07 Å². The lowest BCUT2D eigenvalue weighted by Crippen LogP contribution is -2.34. The van der Waals surface area contributed by atoms with E-state index < -0.39 is 35.5 Å². The summed E-state index contributed by atoms with van der Waals surface area (Å²) in [7, 11) is 1.38. The first kappa shape index (κ1) is 18.1. The van der Waals surface area contributed by atoms with Crippen molar-refractivity contribution in [2.45, 2.75) is 25.0 Å². The van der Waals surface area contributed by atoms with Gasteiger partial charge in [-0.1, -0.05) is 18.2 Å². The number of benzene rings is 1. The minimum Gasteiger partial charge on any atom is -0.481 e. The second kappa shape index (κ2) is 6.56. The molecule has 0 bridgehead atoms. The standard InChI is InChI=1S/C17H14F4N2O3/c1-26-12-7-2-4-9(22-12)8-23-11-6-3-5-10(14(24)15(18)19)13(11)17(20,21)16(23)25/h2-7,14-15,24H,8H2,1H3. The van der Waals surface area contributed by atoms with Gasteiger partial charge in [-0.05, 0) is 17.7 Å². The van der Waals surface area contributed by atoms with Crippen molar-refractivity contribution in [1.29, 1.82) is 0 Å². The molecule has 1 aromatic heterocycles. The normalized spacial score (nSPS) is 16.7. The number of ether oxygens (including phenoxy) is 1. The van der Waals surface area contributed by atoms with E-state index in [1.54, 1.807) is 12.1 Å². The molecule has 5 nitrogen and oxygen atoms in total. The number of aromatic nitrogens is 1. The third-order valence-corrected chi connectivity index (χ3v) is 4.06. The number of pyridine rings is 1. The molecule has 1 aromatic carbocycles. The van der Waals surface area contributed by atoms with Crippen LogP contribution in [0, 0.1) is 0 Å². The van der Waals surface area contributed by atoms with Crippen LogP contribution in [0.4, 0.5) is 23.2 Å². The highest BCUT2D eigenvalue weighted by molar-refractivity contribution is 6.06. The average molecular weight is 370 g/mol. The molecule has 26 heavy (non-hydrogen) atoms. The van der Waals surface area contributed by atoms with Crippen molar-refractivity contribution in [2.75, 3.05) is 12.0 Å². The summed E-state index contributed by atoms with van der Waals surface area (Å²) >= 11 is 0. The fourth-order valence-corrected chi connectivity index (χ4v) is 2.87. The zero-order valence-electron chi connectivity index (χ0n) is 13.5. The molecule has 1 aliphatic rings. The molecule has 1 N–H and O–H groups in total. The molecule has 0 fully saturated rings. The Morgan fingerprint density at radius 2 is 1.92 bits per heavy atom. The third kappa shape index (κ3) is 2.88. The Morgan fingerprint density at radius 1 is 1.23 bits per heavy atom. The van der Waals surface area contributed by atoms with E-state index in [9.17, 15) is 27.5 Å². The Kier molecular flexibility index (Phi) is 4.57. The van der Waals surface area contributed by atoms with Gasteiger partial charge in [-0.2, -0.15) is 8.78 Å². The van der Waals surface area contributed by atoms with Crippen molar-refractivity contribution in [3.05, 3.63) is 53.2 Å². The first-order valence-corrected chi connectivity index (χ1v) is 7.56. The number of methoxy groups -OCH3 is 1. The van der Waals surface area contributed by atoms with E-state index in [0.29, 0.717) is 0 Å². The maximum atomic E-state index is 14.5. The highest BCUT2D eigenvalue weighted by atomic mass is 19.3. The van der Waals surface area contributed by atoms with Crippen molar-refractivity contribution in [1.82, 2.24) is 4.98 Å². The number of aliphatic hydroxyl groups excluding tert-OH is 1. The second-order valence-electron chi connectivity index (χ2n) is 5.66. The Bertz CT molecular complexity index is 845. The van der Waals surface area contributed by atoms with Crippen LogP contribution < -0.4 is 9.64 Å². The second-order valence-corrected chi connectivity index (χ2v) is 5.66. The molecular formula is C17H14F4N2O3. The number of fused-ring (bicyclic) bond motifs is 1. The topological polar surface area (TPSA) is 62.7 Å². The van der Waals surface area contributed by atoms with Crippen LogP contribution in [0.2, 0.25) is 0 Å². The molecule has 0 radical (unpaired) electrons. The fraction of sp³-hybridized carbons (Fsp3) is 0.294. The molecule has 9 heteroatoms. The highest BCUT2D eigenvalue weighted by Crippen LogP contribution is 2.48. The lowest BCUT2D eigenvalue weighted by molar-refractivity contribution is -0.142. The Hall–Kier alpha value is -2.68. The zero-order valence-corrected chi connectivity index (χ0v) is 13.5. The Balaban J connectivity index is 2.06. The number of alkyl halides is 4. The quantitative estimate of drug-likeness (QED) is 0.822. The SMILES string of the molecule is COc1cccc(CN2C(=O)C(F)(F)c3c(C(O)C(F)F)cccc32)n1. The van der Waals surface area contributed by atoms with E-state index >= 15 is 0 Å². The van der Waals surface area contributed by atoms with E-state index in [1.165, 1.54) is 25.3 Å². The number of nitrogens with zero attached hydrogens (tertiary/aromatic N) is 2. The zero-order chi connectivity index (χ0) is 19.1. The number of hydrogen-bond acceptors (Lipinski definition) is 4. The van der Waals surface area contributed by atoms with E-state index in [2.05, 4.69) is 4.98 Å². The van der Waals surface area contributed by atoms with Crippen molar-refractivity contribution in [3.63, 3.8) is 0 Å². The van der Waals surface area contributed by atoms with E-state index in [0.717, 1.165) is 11.0 Å². The van der Waals surface area contributed by atoms with Gasteiger partial charge in [0.2, 0.25) is 5.88 Å². The van der Waals surface area contributed by atoms with Gasteiger partial charge >= 0.3 is 11.8 Å². The number of carbonyl (C=O) groups is 1. The molecule has 1 atom stereocenters. The number of carbonyl (C=O) groups excluding carboxylic acids is 1. The summed E-state index contributed by atoms with van der Waals surface area (Å²) < 4.78 is 59.7. The molecule has 0 saturated heterocycles. The van der Waals surface area contributed by atoms with Crippen LogP contribution in [-0.2, 0) is 17.3 Å². The van der Waals surface area contributed by atoms with Gasteiger partial charge in [0.15, 0.2) is 0 Å². The van der Waals surface area contributed by atoms with Crippen LogP contribution >= 0.6 is 0 Å². The lowest BCUT2D eigenvalue weighted by atomic mass is 9.98. The van der Waals surface area contributed by atoms with E-state index in [-0.39, 0.29) is 23.8 Å². The number of aliphatic hydroxyl groups is 1. The average Bonchev–Trinajstić information content (AvgIpc) is 2.82. The van der Waals surface area contributed by atoms with Gasteiger partial charge in [-0.15, -0.1) is 0 Å². The molecule has 3 rings (SSSR count). The van der Waals surface area contributed by atoms with Crippen molar-refractivity contribution < 1.29 is 32.2 Å². The summed E-state index contributed by atoms with van der Waals surface area (Å²) in [6, 6.07) is 8.07. The summed E-state index contributed by atoms with van der Waals surface area (Å²) in [6.45, 7) is -0.299. The first-order chi connectivity index (χ1) is 12.3. The highest BCUT2D eigenvalue weighted by Gasteiger charge is 2.55. The maximum Gasteiger partial charge on any atom is 0.352 e. The summed E-state index contributed by atoms with van der Waals surface area (Å²) in [4.78, 5) is 17.1. The Labute approximate surface area is 145 Å². The monoisotopic (exact) mass is 370 g/mol. The molecule has 138 valence electrons. The van der Waals surface area contributed by atoms with Gasteiger partial charge in [0.25, 0.3) is 6.43 Å². The molecule has 2 heterocycles. The van der Waals surface area contributed by atoms with E-state index in [1.807, 2.05) is 0 Å². The van der Waals surface area contributed by atoms with Gasteiger partial charge < -0.3 is 14.7 Å². The Morgan fingerprint density at radius 3 is 2.58 bits per heavy atom. The third-order valence-electron chi connectivity index (χ3n) is 4.06. The maximum absolute atomic E-state index is 14.5. The minimum absolute atomic E-state index is 0.234. The molecule has 0 spiro atoms. The number of hydrogen-bond donors (Lipinski definition) is 1. The molecule has 0 aliphatic carbocycles. The number of rotatable bonds is 5. The lowest BCUT2D eigenvalue weighted by Gasteiger charge is -2.18. The van der Waals surface area contributed by atoms with Crippen LogP contribution in [-0.4, -0.2) is 29.5 Å². The van der Waals surface area contributed by atoms with Crippen LogP contribution in [0.5, 0.6) is 5.88 Å². The smallest absolute Gasteiger partial charge is 0.352 e. The molecule has 0 saturated carbocycles. The van der Waals surface area contributed by atoms with Gasteiger partial charge in [0.1, 0.15) is 6.10 Å². The van der Waals surface area contributed by atoms with Gasteiger partial charge in [0.05, 0.1) is 30.6 Å². The van der Waals surface area contributed by atoms with Crippen LogP contribution in [0.15, 0.2) is 36.4 Å². The first-order valence-electron chi connectivity index (χ1n) is 7.56. The predicted octanol–water partition coefficient (Wildman–Crippen LogP) is 3.03. The van der Waals surface area contributed by atoms with Crippen LogP contribution in [0.1, 0.15) is 22.9 Å². The summed E-state index contributed by atoms with van der Waals surface area (Å²) in [6.07, 6.45) is -5.68. The van der Waals surface area contributed by atoms with Crippen LogP contribution in [0.25, 0.3) is 0 Å². The fourth-order valence-electron chi connectivity index (χ4n) is 2.87. The van der Waals surface area contributed by atoms with Gasteiger partial charge in [-0.3, -0.25) is 4.79 Å².